The average molecular weight is 362 g/mol. The molecule has 0 aliphatic rings. The Kier molecular flexibility index (Phi) is 5.66. The van der Waals surface area contributed by atoms with Gasteiger partial charge in [0.05, 0.1) is 11.9 Å². The number of phenols is 1. The summed E-state index contributed by atoms with van der Waals surface area (Å²) in [4.78, 5) is 12.2. The Morgan fingerprint density at radius 2 is 1.96 bits per heavy atom. The van der Waals surface area contributed by atoms with Crippen molar-refractivity contribution in [3.05, 3.63) is 71.4 Å². The third kappa shape index (κ3) is 4.82. The number of benzene rings is 2. The van der Waals surface area contributed by atoms with Gasteiger partial charge < -0.3 is 5.11 Å². The third-order valence-corrected chi connectivity index (χ3v) is 4.02. The Morgan fingerprint density at radius 1 is 1.22 bits per heavy atom. The summed E-state index contributed by atoms with van der Waals surface area (Å²) < 4.78 is 0. The molecule has 3 aromatic rings. The van der Waals surface area contributed by atoms with Crippen LogP contribution in [0.4, 0.5) is 0 Å². The van der Waals surface area contributed by atoms with Gasteiger partial charge in [0.15, 0.2) is 0 Å². The Labute approximate surface area is 158 Å². The lowest BCUT2D eigenvalue weighted by molar-refractivity contribution is 0.0950. The zero-order valence-corrected chi connectivity index (χ0v) is 15.3. The van der Waals surface area contributed by atoms with Crippen LogP contribution in [0.1, 0.15) is 35.5 Å². The Hall–Kier alpha value is -3.41. The van der Waals surface area contributed by atoms with Gasteiger partial charge in [-0.05, 0) is 36.1 Å². The first-order chi connectivity index (χ1) is 13.0. The van der Waals surface area contributed by atoms with Crippen molar-refractivity contribution in [1.82, 2.24) is 15.6 Å². The zero-order valence-electron chi connectivity index (χ0n) is 15.3. The number of rotatable bonds is 6. The van der Waals surface area contributed by atoms with Gasteiger partial charge in [0.1, 0.15) is 11.4 Å². The number of carbonyl (C=O) groups excluding carboxylic acids is 1. The predicted octanol–water partition coefficient (Wildman–Crippen LogP) is 3.74. The molecule has 0 bridgehead atoms. The van der Waals surface area contributed by atoms with Crippen LogP contribution in [0.5, 0.6) is 5.75 Å². The standard InChI is InChI=1S/C21H22N4O2/c1-14(2)11-15-7-9-16(10-8-15)18-12-19(24-23-18)21(27)25-22-13-17-5-3-4-6-20(17)26/h3-10,12-14,26H,11H2,1-2H3,(H,23,24)(H,25,27). The van der Waals surface area contributed by atoms with E-state index in [0.29, 0.717) is 22.9 Å². The van der Waals surface area contributed by atoms with Crippen molar-refractivity contribution in [3.63, 3.8) is 0 Å². The van der Waals surface area contributed by atoms with Crippen LogP contribution in [0, 0.1) is 5.92 Å². The number of H-pyrrole nitrogens is 1. The molecule has 1 aromatic heterocycles. The highest BCUT2D eigenvalue weighted by molar-refractivity contribution is 5.94. The van der Waals surface area contributed by atoms with E-state index in [1.165, 1.54) is 11.8 Å². The number of carbonyl (C=O) groups is 1. The Morgan fingerprint density at radius 3 is 2.67 bits per heavy atom. The van der Waals surface area contributed by atoms with E-state index in [2.05, 4.69) is 46.7 Å². The highest BCUT2D eigenvalue weighted by atomic mass is 16.3. The summed E-state index contributed by atoms with van der Waals surface area (Å²) in [7, 11) is 0. The molecular formula is C21H22N4O2. The van der Waals surface area contributed by atoms with Gasteiger partial charge in [0.25, 0.3) is 5.91 Å². The molecule has 3 rings (SSSR count). The molecule has 2 aromatic carbocycles. The van der Waals surface area contributed by atoms with Gasteiger partial charge in [0, 0.05) is 11.1 Å². The predicted molar refractivity (Wildman–Crippen MR) is 106 cm³/mol. The molecule has 0 aliphatic heterocycles. The maximum atomic E-state index is 12.2. The number of aromatic nitrogens is 2. The molecule has 0 aliphatic carbocycles. The summed E-state index contributed by atoms with van der Waals surface area (Å²) in [5.41, 5.74) is 6.16. The minimum absolute atomic E-state index is 0.0974. The molecule has 6 heteroatoms. The van der Waals surface area contributed by atoms with Crippen LogP contribution >= 0.6 is 0 Å². The number of nitrogens with zero attached hydrogens (tertiary/aromatic N) is 2. The highest BCUT2D eigenvalue weighted by Gasteiger charge is 2.10. The smallest absolute Gasteiger partial charge is 0.289 e. The fraction of sp³-hybridized carbons (Fsp3) is 0.190. The molecule has 27 heavy (non-hydrogen) atoms. The first-order valence-corrected chi connectivity index (χ1v) is 8.79. The molecule has 3 N–H and O–H groups in total. The van der Waals surface area contributed by atoms with Crippen molar-refractivity contribution in [2.75, 3.05) is 0 Å². The number of hydrogen-bond donors (Lipinski definition) is 3. The van der Waals surface area contributed by atoms with Crippen LogP contribution in [-0.4, -0.2) is 27.4 Å². The first-order valence-electron chi connectivity index (χ1n) is 8.79. The molecule has 6 nitrogen and oxygen atoms in total. The lowest BCUT2D eigenvalue weighted by Gasteiger charge is -2.05. The van der Waals surface area contributed by atoms with Gasteiger partial charge in [-0.3, -0.25) is 9.89 Å². The van der Waals surface area contributed by atoms with Crippen LogP contribution in [-0.2, 0) is 6.42 Å². The van der Waals surface area contributed by atoms with E-state index in [1.54, 1.807) is 30.3 Å². The fourth-order valence-corrected chi connectivity index (χ4v) is 2.69. The molecule has 0 spiro atoms. The fourth-order valence-electron chi connectivity index (χ4n) is 2.69. The van der Waals surface area contributed by atoms with Gasteiger partial charge in [-0.2, -0.15) is 10.2 Å². The monoisotopic (exact) mass is 362 g/mol. The van der Waals surface area contributed by atoms with Gasteiger partial charge in [-0.15, -0.1) is 0 Å². The van der Waals surface area contributed by atoms with Gasteiger partial charge in [-0.25, -0.2) is 5.43 Å². The second-order valence-electron chi connectivity index (χ2n) is 6.72. The maximum absolute atomic E-state index is 12.2. The maximum Gasteiger partial charge on any atom is 0.289 e. The van der Waals surface area contributed by atoms with E-state index < -0.39 is 5.91 Å². The minimum Gasteiger partial charge on any atom is -0.507 e. The molecule has 1 heterocycles. The number of hydrogen-bond acceptors (Lipinski definition) is 4. The molecule has 0 fully saturated rings. The first kappa shape index (κ1) is 18.4. The Balaban J connectivity index is 1.64. The van der Waals surface area contributed by atoms with E-state index in [1.807, 2.05) is 12.1 Å². The summed E-state index contributed by atoms with van der Waals surface area (Å²) in [6.45, 7) is 4.38. The van der Waals surface area contributed by atoms with Crippen molar-refractivity contribution in [2.24, 2.45) is 11.0 Å². The topological polar surface area (TPSA) is 90.4 Å². The zero-order chi connectivity index (χ0) is 19.2. The summed E-state index contributed by atoms with van der Waals surface area (Å²) in [5, 5.41) is 20.5. The van der Waals surface area contributed by atoms with E-state index in [9.17, 15) is 9.90 Å². The lowest BCUT2D eigenvalue weighted by Crippen LogP contribution is -2.18. The van der Waals surface area contributed by atoms with Crippen molar-refractivity contribution < 1.29 is 9.90 Å². The van der Waals surface area contributed by atoms with E-state index in [-0.39, 0.29) is 5.75 Å². The number of hydrazone groups is 1. The second-order valence-corrected chi connectivity index (χ2v) is 6.72. The number of aromatic amines is 1. The molecule has 0 unspecified atom stereocenters. The van der Waals surface area contributed by atoms with Crippen molar-refractivity contribution in [3.8, 4) is 17.0 Å². The second kappa shape index (κ2) is 8.31. The number of para-hydroxylation sites is 1. The summed E-state index contributed by atoms with van der Waals surface area (Å²) in [6, 6.07) is 16.6. The SMILES string of the molecule is CC(C)Cc1ccc(-c2cc(C(=O)NN=Cc3ccccc3O)[nH]n2)cc1. The van der Waals surface area contributed by atoms with Gasteiger partial charge in [-0.1, -0.05) is 50.2 Å². The largest absolute Gasteiger partial charge is 0.507 e. The van der Waals surface area contributed by atoms with E-state index in [0.717, 1.165) is 12.0 Å². The van der Waals surface area contributed by atoms with Crippen LogP contribution in [0.25, 0.3) is 11.3 Å². The molecule has 0 saturated carbocycles. The molecule has 138 valence electrons. The molecule has 1 amide bonds. The van der Waals surface area contributed by atoms with Crippen molar-refractivity contribution in [2.45, 2.75) is 20.3 Å². The van der Waals surface area contributed by atoms with Gasteiger partial charge >= 0.3 is 0 Å². The summed E-state index contributed by atoms with van der Waals surface area (Å²) in [6.07, 6.45) is 2.42. The third-order valence-electron chi connectivity index (χ3n) is 4.02. The Bertz CT molecular complexity index is 943. The average Bonchev–Trinajstić information content (AvgIpc) is 3.13. The summed E-state index contributed by atoms with van der Waals surface area (Å²) >= 11 is 0. The van der Waals surface area contributed by atoms with Crippen LogP contribution in [0.3, 0.4) is 0 Å². The van der Waals surface area contributed by atoms with E-state index >= 15 is 0 Å². The van der Waals surface area contributed by atoms with Crippen LogP contribution in [0.2, 0.25) is 0 Å². The molecule has 0 saturated heterocycles. The van der Waals surface area contributed by atoms with Gasteiger partial charge in [0.2, 0.25) is 0 Å². The number of aromatic hydroxyl groups is 1. The molecular weight excluding hydrogens is 340 g/mol. The molecule has 0 atom stereocenters. The number of nitrogens with one attached hydrogen (secondary N) is 2. The van der Waals surface area contributed by atoms with Crippen molar-refractivity contribution in [1.29, 1.82) is 0 Å². The normalized spacial score (nSPS) is 11.2. The number of amides is 1. The highest BCUT2D eigenvalue weighted by Crippen LogP contribution is 2.19. The van der Waals surface area contributed by atoms with Crippen molar-refractivity contribution >= 4 is 12.1 Å². The molecule has 0 radical (unpaired) electrons. The van der Waals surface area contributed by atoms with E-state index in [4.69, 9.17) is 0 Å². The number of phenolic OH excluding ortho intramolecular Hbond substituents is 1. The van der Waals surface area contributed by atoms with Crippen LogP contribution in [0.15, 0.2) is 59.7 Å². The lowest BCUT2D eigenvalue weighted by atomic mass is 10.0. The quantitative estimate of drug-likeness (QED) is 0.461. The summed E-state index contributed by atoms with van der Waals surface area (Å²) in [5.74, 6) is 0.298. The van der Waals surface area contributed by atoms with Crippen LogP contribution < -0.4 is 5.43 Å². The minimum atomic E-state index is -0.406.